The van der Waals surface area contributed by atoms with E-state index in [0.717, 1.165) is 26.1 Å². The Labute approximate surface area is 111 Å². The van der Waals surface area contributed by atoms with Crippen LogP contribution in [0.4, 0.5) is 0 Å². The Morgan fingerprint density at radius 1 is 1.39 bits per heavy atom. The minimum atomic E-state index is 0.308. The van der Waals surface area contributed by atoms with Crippen LogP contribution in [0.5, 0.6) is 0 Å². The minimum Gasteiger partial charge on any atom is -0.345 e. The molecule has 0 radical (unpaired) electrons. The molecule has 2 fully saturated rings. The lowest BCUT2D eigenvalue weighted by Crippen LogP contribution is -2.41. The van der Waals surface area contributed by atoms with E-state index in [9.17, 15) is 4.79 Å². The van der Waals surface area contributed by atoms with Crippen molar-refractivity contribution >= 4 is 5.91 Å². The first kappa shape index (κ1) is 13.8. The number of carbonyl (C=O) groups excluding carboxylic acids is 1. The number of rotatable bonds is 4. The average Bonchev–Trinajstić information content (AvgIpc) is 2.81. The van der Waals surface area contributed by atoms with Crippen LogP contribution in [0.25, 0.3) is 0 Å². The van der Waals surface area contributed by atoms with E-state index >= 15 is 0 Å². The van der Waals surface area contributed by atoms with Crippen LogP contribution < -0.4 is 5.32 Å². The van der Waals surface area contributed by atoms with E-state index in [1.165, 1.54) is 25.8 Å². The molecule has 0 aliphatic carbocycles. The molecule has 1 amide bonds. The molecule has 0 saturated carbocycles. The van der Waals surface area contributed by atoms with Gasteiger partial charge in [-0.3, -0.25) is 4.79 Å². The lowest BCUT2D eigenvalue weighted by atomic mass is 9.98. The molecule has 0 aromatic heterocycles. The molecule has 2 aliphatic heterocycles. The number of nitrogens with one attached hydrogen (secondary N) is 1. The Morgan fingerprint density at radius 2 is 2.22 bits per heavy atom. The van der Waals surface area contributed by atoms with E-state index in [1.807, 2.05) is 11.9 Å². The summed E-state index contributed by atoms with van der Waals surface area (Å²) in [6.45, 7) is 4.35. The molecule has 0 aromatic rings. The average molecular weight is 253 g/mol. The van der Waals surface area contributed by atoms with Gasteiger partial charge < -0.3 is 15.1 Å². The fraction of sp³-hybridized carbons (Fsp3) is 0.929. The van der Waals surface area contributed by atoms with Crippen molar-refractivity contribution in [3.05, 3.63) is 0 Å². The second-order valence-corrected chi connectivity index (χ2v) is 6.04. The third-order valence-corrected chi connectivity index (χ3v) is 4.26. The molecule has 104 valence electrons. The van der Waals surface area contributed by atoms with Crippen LogP contribution in [0.2, 0.25) is 0 Å². The van der Waals surface area contributed by atoms with Crippen molar-refractivity contribution in [2.45, 2.75) is 38.1 Å². The molecule has 2 rings (SSSR count). The van der Waals surface area contributed by atoms with E-state index in [4.69, 9.17) is 0 Å². The van der Waals surface area contributed by atoms with E-state index in [2.05, 4.69) is 17.3 Å². The fourth-order valence-corrected chi connectivity index (χ4v) is 3.21. The third kappa shape index (κ3) is 3.95. The number of hydrogen-bond donors (Lipinski definition) is 1. The van der Waals surface area contributed by atoms with E-state index in [-0.39, 0.29) is 0 Å². The molecule has 2 aliphatic rings. The number of nitrogens with zero attached hydrogens (tertiary/aromatic N) is 2. The van der Waals surface area contributed by atoms with Crippen LogP contribution in [-0.4, -0.2) is 62.0 Å². The first-order chi connectivity index (χ1) is 8.65. The van der Waals surface area contributed by atoms with Crippen molar-refractivity contribution in [1.82, 2.24) is 15.1 Å². The summed E-state index contributed by atoms with van der Waals surface area (Å²) in [5.41, 5.74) is 0. The Bertz CT molecular complexity index is 276. The van der Waals surface area contributed by atoms with Crippen LogP contribution in [0.1, 0.15) is 32.1 Å². The van der Waals surface area contributed by atoms with Crippen molar-refractivity contribution in [1.29, 1.82) is 0 Å². The van der Waals surface area contributed by atoms with Gasteiger partial charge in [0.25, 0.3) is 0 Å². The van der Waals surface area contributed by atoms with Gasteiger partial charge in [0.05, 0.1) is 0 Å². The van der Waals surface area contributed by atoms with E-state index < -0.39 is 0 Å². The van der Waals surface area contributed by atoms with Gasteiger partial charge in [0, 0.05) is 32.6 Å². The van der Waals surface area contributed by atoms with Crippen LogP contribution >= 0.6 is 0 Å². The summed E-state index contributed by atoms with van der Waals surface area (Å²) in [4.78, 5) is 16.5. The number of amides is 1. The standard InChI is InChI=1S/C14H27N3O/c1-16-8-4-5-12(10-16)11-17(2)14(18)9-13-6-3-7-15-13/h12-13,15H,3-11H2,1-2H3. The van der Waals surface area contributed by atoms with Crippen LogP contribution in [0, 0.1) is 5.92 Å². The Kier molecular flexibility index (Phi) is 5.01. The quantitative estimate of drug-likeness (QED) is 0.809. The second-order valence-electron chi connectivity index (χ2n) is 6.04. The lowest BCUT2D eigenvalue weighted by Gasteiger charge is -2.32. The van der Waals surface area contributed by atoms with Crippen molar-refractivity contribution in [3.8, 4) is 0 Å². The Balaban J connectivity index is 1.72. The SMILES string of the molecule is CN1CCCC(CN(C)C(=O)CC2CCCN2)C1. The highest BCUT2D eigenvalue weighted by atomic mass is 16.2. The molecular weight excluding hydrogens is 226 g/mol. The topological polar surface area (TPSA) is 35.6 Å². The predicted molar refractivity (Wildman–Crippen MR) is 73.5 cm³/mol. The summed E-state index contributed by atoms with van der Waals surface area (Å²) >= 11 is 0. The molecule has 2 unspecified atom stereocenters. The number of hydrogen-bond acceptors (Lipinski definition) is 3. The van der Waals surface area contributed by atoms with Crippen molar-refractivity contribution in [2.24, 2.45) is 5.92 Å². The highest BCUT2D eigenvalue weighted by molar-refractivity contribution is 5.76. The summed E-state index contributed by atoms with van der Waals surface area (Å²) in [5, 5.41) is 3.40. The number of likely N-dealkylation sites (tertiary alicyclic amines) is 1. The highest BCUT2D eigenvalue weighted by Gasteiger charge is 2.23. The van der Waals surface area contributed by atoms with Crippen LogP contribution in [-0.2, 0) is 4.79 Å². The molecule has 0 spiro atoms. The zero-order valence-electron chi connectivity index (χ0n) is 11.8. The molecule has 4 nitrogen and oxygen atoms in total. The van der Waals surface area contributed by atoms with Gasteiger partial charge in [-0.2, -0.15) is 0 Å². The zero-order valence-corrected chi connectivity index (χ0v) is 11.8. The van der Waals surface area contributed by atoms with Crippen LogP contribution in [0.3, 0.4) is 0 Å². The van der Waals surface area contributed by atoms with Gasteiger partial charge in [-0.25, -0.2) is 0 Å². The minimum absolute atomic E-state index is 0.308. The summed E-state index contributed by atoms with van der Waals surface area (Å²) < 4.78 is 0. The molecule has 2 atom stereocenters. The van der Waals surface area contributed by atoms with Gasteiger partial charge in [0.1, 0.15) is 0 Å². The predicted octanol–water partition coefficient (Wildman–Crippen LogP) is 0.929. The van der Waals surface area contributed by atoms with Crippen molar-refractivity contribution in [3.63, 3.8) is 0 Å². The van der Waals surface area contributed by atoms with E-state index in [1.54, 1.807) is 0 Å². The number of carbonyl (C=O) groups is 1. The van der Waals surface area contributed by atoms with Crippen LogP contribution in [0.15, 0.2) is 0 Å². The Morgan fingerprint density at radius 3 is 2.89 bits per heavy atom. The highest BCUT2D eigenvalue weighted by Crippen LogP contribution is 2.17. The van der Waals surface area contributed by atoms with Gasteiger partial charge in [-0.15, -0.1) is 0 Å². The molecular formula is C14H27N3O. The van der Waals surface area contributed by atoms with Gasteiger partial charge in [-0.05, 0) is 51.7 Å². The molecule has 0 aromatic carbocycles. The monoisotopic (exact) mass is 253 g/mol. The van der Waals surface area contributed by atoms with Crippen molar-refractivity contribution < 1.29 is 4.79 Å². The van der Waals surface area contributed by atoms with E-state index in [0.29, 0.717) is 24.3 Å². The van der Waals surface area contributed by atoms with Gasteiger partial charge in [0.2, 0.25) is 5.91 Å². The molecule has 2 heterocycles. The largest absolute Gasteiger partial charge is 0.345 e. The Hall–Kier alpha value is -0.610. The lowest BCUT2D eigenvalue weighted by molar-refractivity contribution is -0.131. The van der Waals surface area contributed by atoms with Gasteiger partial charge >= 0.3 is 0 Å². The fourth-order valence-electron chi connectivity index (χ4n) is 3.21. The molecule has 4 heteroatoms. The summed E-state index contributed by atoms with van der Waals surface area (Å²) in [6.07, 6.45) is 5.59. The summed E-state index contributed by atoms with van der Waals surface area (Å²) in [7, 11) is 4.14. The smallest absolute Gasteiger partial charge is 0.223 e. The molecule has 0 bridgehead atoms. The summed E-state index contributed by atoms with van der Waals surface area (Å²) in [6, 6.07) is 0.425. The second kappa shape index (κ2) is 6.53. The third-order valence-electron chi connectivity index (χ3n) is 4.26. The first-order valence-corrected chi connectivity index (χ1v) is 7.31. The molecule has 18 heavy (non-hydrogen) atoms. The summed E-state index contributed by atoms with van der Waals surface area (Å²) in [5.74, 6) is 0.969. The zero-order chi connectivity index (χ0) is 13.0. The first-order valence-electron chi connectivity index (χ1n) is 7.31. The normalized spacial score (nSPS) is 29.4. The maximum absolute atomic E-state index is 12.1. The van der Waals surface area contributed by atoms with Crippen molar-refractivity contribution in [2.75, 3.05) is 40.3 Å². The molecule has 2 saturated heterocycles. The molecule has 1 N–H and O–H groups in total. The maximum atomic E-state index is 12.1. The number of piperidine rings is 1. The van der Waals surface area contributed by atoms with Gasteiger partial charge in [0.15, 0.2) is 0 Å². The maximum Gasteiger partial charge on any atom is 0.223 e. The van der Waals surface area contributed by atoms with Gasteiger partial charge in [-0.1, -0.05) is 0 Å².